The zero-order chi connectivity index (χ0) is 15.0. The molecule has 21 heavy (non-hydrogen) atoms. The molecule has 6 heteroatoms. The van der Waals surface area contributed by atoms with Crippen LogP contribution in [0.15, 0.2) is 59.5 Å². The molecule has 0 fully saturated rings. The standard InChI is InChI=1S/C15H10FNO3S/c16-13-6-2-4-8-15(13)21(19,20)17-12(10-18)9-11-5-1-3-7-14(11)17/h1-10H. The average molecular weight is 303 g/mol. The van der Waals surface area contributed by atoms with Crippen molar-refractivity contribution in [3.63, 3.8) is 0 Å². The van der Waals surface area contributed by atoms with Crippen LogP contribution in [0, 0.1) is 5.82 Å². The van der Waals surface area contributed by atoms with Crippen molar-refractivity contribution < 1.29 is 17.6 Å². The second-order valence-corrected chi connectivity index (χ2v) is 6.20. The van der Waals surface area contributed by atoms with Gasteiger partial charge in [0.25, 0.3) is 10.0 Å². The summed E-state index contributed by atoms with van der Waals surface area (Å²) in [5, 5.41) is 0.597. The fourth-order valence-electron chi connectivity index (χ4n) is 2.25. The van der Waals surface area contributed by atoms with Gasteiger partial charge in [0.05, 0.1) is 11.2 Å². The second kappa shape index (κ2) is 4.82. The summed E-state index contributed by atoms with van der Waals surface area (Å²) in [6, 6.07) is 13.2. The fourth-order valence-corrected chi connectivity index (χ4v) is 3.81. The third-order valence-electron chi connectivity index (χ3n) is 3.17. The lowest BCUT2D eigenvalue weighted by molar-refractivity contribution is 0.111. The Morgan fingerprint density at radius 2 is 1.67 bits per heavy atom. The topological polar surface area (TPSA) is 56.1 Å². The van der Waals surface area contributed by atoms with Crippen LogP contribution in [0.25, 0.3) is 10.9 Å². The highest BCUT2D eigenvalue weighted by atomic mass is 32.2. The number of fused-ring (bicyclic) bond motifs is 1. The molecule has 0 aliphatic heterocycles. The van der Waals surface area contributed by atoms with Gasteiger partial charge in [0.1, 0.15) is 10.7 Å². The molecule has 106 valence electrons. The lowest BCUT2D eigenvalue weighted by atomic mass is 10.2. The summed E-state index contributed by atoms with van der Waals surface area (Å²) in [6.45, 7) is 0. The number of rotatable bonds is 3. The highest BCUT2D eigenvalue weighted by Gasteiger charge is 2.25. The summed E-state index contributed by atoms with van der Waals surface area (Å²) in [5.41, 5.74) is 0.294. The number of carbonyl (C=O) groups excluding carboxylic acids is 1. The van der Waals surface area contributed by atoms with Crippen molar-refractivity contribution in [2.24, 2.45) is 0 Å². The molecule has 1 aromatic heterocycles. The number of halogens is 1. The van der Waals surface area contributed by atoms with Gasteiger partial charge in [-0.2, -0.15) is 0 Å². The van der Waals surface area contributed by atoms with Crippen LogP contribution in [-0.2, 0) is 10.0 Å². The summed E-state index contributed by atoms with van der Waals surface area (Å²) in [4.78, 5) is 10.7. The first-order chi connectivity index (χ1) is 10.1. The maximum absolute atomic E-state index is 13.8. The Morgan fingerprint density at radius 1 is 1.00 bits per heavy atom. The van der Waals surface area contributed by atoms with E-state index in [1.807, 2.05) is 0 Å². The van der Waals surface area contributed by atoms with E-state index in [1.54, 1.807) is 24.3 Å². The molecule has 0 bridgehead atoms. The number of benzene rings is 2. The van der Waals surface area contributed by atoms with E-state index in [2.05, 4.69) is 0 Å². The molecule has 0 amide bonds. The van der Waals surface area contributed by atoms with Crippen molar-refractivity contribution in [2.45, 2.75) is 4.90 Å². The van der Waals surface area contributed by atoms with Gasteiger partial charge in [0, 0.05) is 5.39 Å². The van der Waals surface area contributed by atoms with Gasteiger partial charge >= 0.3 is 0 Å². The molecule has 0 spiro atoms. The van der Waals surface area contributed by atoms with Crippen molar-refractivity contribution >= 4 is 27.2 Å². The highest BCUT2D eigenvalue weighted by molar-refractivity contribution is 7.90. The minimum Gasteiger partial charge on any atom is -0.296 e. The normalized spacial score (nSPS) is 11.7. The van der Waals surface area contributed by atoms with Gasteiger partial charge in [-0.1, -0.05) is 30.3 Å². The van der Waals surface area contributed by atoms with Gasteiger partial charge in [0.2, 0.25) is 0 Å². The maximum Gasteiger partial charge on any atom is 0.271 e. The number of aldehydes is 1. The van der Waals surface area contributed by atoms with E-state index in [4.69, 9.17) is 0 Å². The molecule has 0 saturated heterocycles. The molecule has 0 N–H and O–H groups in total. The summed E-state index contributed by atoms with van der Waals surface area (Å²) in [6.07, 6.45) is 0.443. The van der Waals surface area contributed by atoms with E-state index in [1.165, 1.54) is 24.3 Å². The van der Waals surface area contributed by atoms with E-state index in [0.29, 0.717) is 17.2 Å². The van der Waals surface area contributed by atoms with Crippen LogP contribution < -0.4 is 0 Å². The van der Waals surface area contributed by atoms with Crippen LogP contribution in [0.4, 0.5) is 4.39 Å². The SMILES string of the molecule is O=Cc1cc2ccccc2n1S(=O)(=O)c1ccccc1F. The molecule has 0 aliphatic rings. The van der Waals surface area contributed by atoms with Gasteiger partial charge in [-0.25, -0.2) is 16.8 Å². The van der Waals surface area contributed by atoms with Gasteiger partial charge in [-0.3, -0.25) is 4.79 Å². The van der Waals surface area contributed by atoms with Crippen molar-refractivity contribution in [3.05, 3.63) is 66.1 Å². The van der Waals surface area contributed by atoms with E-state index in [0.717, 1.165) is 10.0 Å². The van der Waals surface area contributed by atoms with Crippen LogP contribution in [0.3, 0.4) is 0 Å². The van der Waals surface area contributed by atoms with Crippen LogP contribution in [0.2, 0.25) is 0 Å². The fraction of sp³-hybridized carbons (Fsp3) is 0. The Balaban J connectivity index is 2.39. The molecule has 0 aliphatic carbocycles. The minimum atomic E-state index is -4.19. The minimum absolute atomic E-state index is 0.0422. The van der Waals surface area contributed by atoms with Gasteiger partial charge in [-0.05, 0) is 24.3 Å². The molecule has 2 aromatic carbocycles. The molecular weight excluding hydrogens is 293 g/mol. The van der Waals surface area contributed by atoms with Gasteiger partial charge in [-0.15, -0.1) is 0 Å². The quantitative estimate of drug-likeness (QED) is 0.699. The number of carbonyl (C=O) groups is 1. The highest BCUT2D eigenvalue weighted by Crippen LogP contribution is 2.26. The van der Waals surface area contributed by atoms with Crippen LogP contribution in [0.1, 0.15) is 10.5 Å². The molecule has 0 radical (unpaired) electrons. The van der Waals surface area contributed by atoms with Crippen molar-refractivity contribution in [3.8, 4) is 0 Å². The van der Waals surface area contributed by atoms with E-state index in [-0.39, 0.29) is 5.69 Å². The molecule has 4 nitrogen and oxygen atoms in total. The van der Waals surface area contributed by atoms with Crippen molar-refractivity contribution in [2.75, 3.05) is 0 Å². The molecule has 3 rings (SSSR count). The smallest absolute Gasteiger partial charge is 0.271 e. The Hall–Kier alpha value is -2.47. The van der Waals surface area contributed by atoms with E-state index < -0.39 is 20.7 Å². The molecule has 0 atom stereocenters. The maximum atomic E-state index is 13.8. The Labute approximate surface area is 120 Å². The number of nitrogens with zero attached hydrogens (tertiary/aromatic N) is 1. The predicted octanol–water partition coefficient (Wildman–Crippen LogP) is 2.83. The lowest BCUT2D eigenvalue weighted by Gasteiger charge is -2.10. The van der Waals surface area contributed by atoms with Gasteiger partial charge < -0.3 is 0 Å². The first-order valence-corrected chi connectivity index (χ1v) is 7.55. The van der Waals surface area contributed by atoms with Crippen LogP contribution in [-0.4, -0.2) is 18.7 Å². The number of para-hydroxylation sites is 1. The number of aromatic nitrogens is 1. The van der Waals surface area contributed by atoms with Crippen LogP contribution >= 0.6 is 0 Å². The predicted molar refractivity (Wildman–Crippen MR) is 76.3 cm³/mol. The number of hydrogen-bond acceptors (Lipinski definition) is 3. The number of hydrogen-bond donors (Lipinski definition) is 0. The third-order valence-corrected chi connectivity index (χ3v) is 4.94. The lowest BCUT2D eigenvalue weighted by Crippen LogP contribution is -2.16. The first-order valence-electron chi connectivity index (χ1n) is 6.11. The molecule has 1 heterocycles. The van der Waals surface area contributed by atoms with Crippen molar-refractivity contribution in [1.82, 2.24) is 3.97 Å². The van der Waals surface area contributed by atoms with E-state index in [9.17, 15) is 17.6 Å². The zero-order valence-electron chi connectivity index (χ0n) is 10.7. The molecule has 3 aromatic rings. The summed E-state index contributed by atoms with van der Waals surface area (Å²) in [5.74, 6) is -0.855. The molecule has 0 saturated carbocycles. The monoisotopic (exact) mass is 303 g/mol. The van der Waals surface area contributed by atoms with Crippen LogP contribution in [0.5, 0.6) is 0 Å². The first kappa shape index (κ1) is 13.5. The van der Waals surface area contributed by atoms with Gasteiger partial charge in [0.15, 0.2) is 6.29 Å². The Bertz CT molecular complexity index is 944. The average Bonchev–Trinajstić information content (AvgIpc) is 2.86. The summed E-state index contributed by atoms with van der Waals surface area (Å²) < 4.78 is 40.0. The van der Waals surface area contributed by atoms with E-state index >= 15 is 0 Å². The molecule has 0 unspecified atom stereocenters. The Kier molecular flexibility index (Phi) is 3.10. The summed E-state index contributed by atoms with van der Waals surface area (Å²) in [7, 11) is -4.19. The zero-order valence-corrected chi connectivity index (χ0v) is 11.5. The largest absolute Gasteiger partial charge is 0.296 e. The summed E-state index contributed by atoms with van der Waals surface area (Å²) >= 11 is 0. The Morgan fingerprint density at radius 3 is 2.38 bits per heavy atom. The third kappa shape index (κ3) is 2.04. The second-order valence-electron chi connectivity index (χ2n) is 4.45. The van der Waals surface area contributed by atoms with Crippen molar-refractivity contribution in [1.29, 1.82) is 0 Å². The molecular formula is C15H10FNO3S.